The largest absolute Gasteiger partial charge is 0.497 e. The molecule has 0 fully saturated rings. The van der Waals surface area contributed by atoms with Crippen LogP contribution in [0.2, 0.25) is 0 Å². The summed E-state index contributed by atoms with van der Waals surface area (Å²) in [7, 11) is -2.47. The van der Waals surface area contributed by atoms with Gasteiger partial charge in [-0.25, -0.2) is 25.6 Å². The third-order valence-corrected chi connectivity index (χ3v) is 9.76. The number of hydrogen-bond donors (Lipinski definition) is 0. The molecule has 0 radical (unpaired) electrons. The van der Waals surface area contributed by atoms with E-state index in [0.717, 1.165) is 39.0 Å². The van der Waals surface area contributed by atoms with E-state index in [9.17, 15) is 8.42 Å². The molecule has 12 heteroatoms. The van der Waals surface area contributed by atoms with Gasteiger partial charge in [-0.1, -0.05) is 29.8 Å². The van der Waals surface area contributed by atoms with Crippen molar-refractivity contribution in [2.45, 2.75) is 23.3 Å². The van der Waals surface area contributed by atoms with Crippen molar-refractivity contribution in [2.75, 3.05) is 13.4 Å². The molecule has 6 aromatic rings. The van der Waals surface area contributed by atoms with Gasteiger partial charge in [0.05, 0.1) is 35.2 Å². The Kier molecular flexibility index (Phi) is 8.10. The molecule has 0 aliphatic rings. The van der Waals surface area contributed by atoms with E-state index in [0.29, 0.717) is 11.1 Å². The third kappa shape index (κ3) is 5.78. The minimum atomic E-state index is -4.03. The summed E-state index contributed by atoms with van der Waals surface area (Å²) >= 11 is 1.12. The van der Waals surface area contributed by atoms with Crippen LogP contribution in [0.25, 0.3) is 22.2 Å². The number of methoxy groups -OCH3 is 1. The van der Waals surface area contributed by atoms with E-state index in [4.69, 9.17) is 9.47 Å². The predicted octanol–water partition coefficient (Wildman–Crippen LogP) is 8.04. The van der Waals surface area contributed by atoms with Gasteiger partial charge in [0.2, 0.25) is 0 Å². The number of aromatic nitrogens is 3. The normalized spacial score (nSPS) is 11.7. The first kappa shape index (κ1) is 30.4. The summed E-state index contributed by atoms with van der Waals surface area (Å²) in [6.07, 6.45) is 4.25. The predicted molar refractivity (Wildman–Crippen MR) is 167 cm³/mol. The Balaban J connectivity index is 1.34. The lowest BCUT2D eigenvalue weighted by Gasteiger charge is -2.14. The van der Waals surface area contributed by atoms with E-state index < -0.39 is 27.5 Å². The number of fused-ring (bicyclic) bond motifs is 1. The fourth-order valence-electron chi connectivity index (χ4n) is 4.94. The molecule has 230 valence electrons. The molecule has 0 spiro atoms. The zero-order chi connectivity index (χ0) is 31.9. The molecule has 4 aromatic carbocycles. The van der Waals surface area contributed by atoms with E-state index in [-0.39, 0.29) is 44.6 Å². The highest BCUT2D eigenvalue weighted by atomic mass is 32.2. The summed E-state index contributed by atoms with van der Waals surface area (Å²) in [4.78, 5) is 0.317. The summed E-state index contributed by atoms with van der Waals surface area (Å²) in [6, 6.07) is 19.9. The molecule has 2 heterocycles. The lowest BCUT2D eigenvalue weighted by Crippen LogP contribution is -2.12. The van der Waals surface area contributed by atoms with Gasteiger partial charge in [-0.2, -0.15) is 5.10 Å². The molecule has 0 N–H and O–H groups in total. The number of thioether (sulfide) groups is 1. The number of halogens is 3. The monoisotopic (exact) mass is 649 g/mol. The topological polar surface area (TPSA) is 75.3 Å². The van der Waals surface area contributed by atoms with Crippen LogP contribution in [0, 0.1) is 24.4 Å². The summed E-state index contributed by atoms with van der Waals surface area (Å²) in [5, 5.41) is 4.74. The Hall–Kier alpha value is -4.68. The smallest absolute Gasteiger partial charge is 0.268 e. The molecule has 2 aromatic heterocycles. The van der Waals surface area contributed by atoms with Crippen molar-refractivity contribution >= 4 is 32.7 Å². The number of nitrogens with zero attached hydrogens (tertiary/aromatic N) is 3. The highest BCUT2D eigenvalue weighted by molar-refractivity contribution is 7.99. The molecule has 0 atom stereocenters. The van der Waals surface area contributed by atoms with Crippen LogP contribution in [-0.2, 0) is 16.6 Å². The second kappa shape index (κ2) is 12.0. The summed E-state index contributed by atoms with van der Waals surface area (Å²) in [5.41, 5.74) is 2.05. The van der Waals surface area contributed by atoms with Crippen LogP contribution >= 0.6 is 11.8 Å². The first-order valence-corrected chi connectivity index (χ1v) is 16.3. The first-order valence-electron chi connectivity index (χ1n) is 13.6. The number of aryl methyl sites for hydroxylation is 1. The minimum absolute atomic E-state index is 0.0345. The lowest BCUT2D eigenvalue weighted by atomic mass is 10.1. The van der Waals surface area contributed by atoms with Crippen LogP contribution in [-0.4, -0.2) is 35.5 Å². The van der Waals surface area contributed by atoms with Crippen LogP contribution in [0.5, 0.6) is 17.2 Å². The van der Waals surface area contributed by atoms with Gasteiger partial charge >= 0.3 is 0 Å². The van der Waals surface area contributed by atoms with E-state index >= 15 is 13.2 Å². The summed E-state index contributed by atoms with van der Waals surface area (Å²) in [5.74, 6) is -2.28. The zero-order valence-corrected chi connectivity index (χ0v) is 25.9. The van der Waals surface area contributed by atoms with E-state index in [1.165, 1.54) is 47.4 Å². The molecular weight excluding hydrogens is 624 g/mol. The van der Waals surface area contributed by atoms with Crippen molar-refractivity contribution in [1.29, 1.82) is 0 Å². The quantitative estimate of drug-likeness (QED) is 0.148. The average molecular weight is 650 g/mol. The maximum absolute atomic E-state index is 15.7. The molecule has 0 saturated heterocycles. The van der Waals surface area contributed by atoms with Gasteiger partial charge in [0.15, 0.2) is 29.0 Å². The Morgan fingerprint density at radius 2 is 1.62 bits per heavy atom. The van der Waals surface area contributed by atoms with Gasteiger partial charge in [0.25, 0.3) is 10.0 Å². The van der Waals surface area contributed by atoms with E-state index in [1.807, 2.05) is 19.1 Å². The molecule has 0 aliphatic carbocycles. The van der Waals surface area contributed by atoms with E-state index in [2.05, 4.69) is 5.10 Å². The van der Waals surface area contributed by atoms with Crippen molar-refractivity contribution in [3.63, 3.8) is 0 Å². The van der Waals surface area contributed by atoms with Crippen molar-refractivity contribution in [1.82, 2.24) is 13.8 Å². The van der Waals surface area contributed by atoms with Crippen LogP contribution in [0.3, 0.4) is 0 Å². The first-order chi connectivity index (χ1) is 21.6. The average Bonchev–Trinajstić information content (AvgIpc) is 3.62. The van der Waals surface area contributed by atoms with Gasteiger partial charge in [-0.3, -0.25) is 4.68 Å². The molecule has 0 aliphatic heterocycles. The maximum Gasteiger partial charge on any atom is 0.268 e. The van der Waals surface area contributed by atoms with Crippen LogP contribution in [0.1, 0.15) is 11.1 Å². The second-order valence-electron chi connectivity index (χ2n) is 10.2. The number of hydrogen-bond acceptors (Lipinski definition) is 6. The van der Waals surface area contributed by atoms with Gasteiger partial charge in [0, 0.05) is 23.2 Å². The molecule has 0 unspecified atom stereocenters. The van der Waals surface area contributed by atoms with Crippen LogP contribution < -0.4 is 9.47 Å². The number of rotatable bonds is 9. The minimum Gasteiger partial charge on any atom is -0.497 e. The molecule has 0 saturated carbocycles. The zero-order valence-electron chi connectivity index (χ0n) is 24.3. The summed E-state index contributed by atoms with van der Waals surface area (Å²) in [6.45, 7) is 2.13. The van der Waals surface area contributed by atoms with Crippen LogP contribution in [0.15, 0.2) is 101 Å². The maximum atomic E-state index is 15.7. The third-order valence-electron chi connectivity index (χ3n) is 7.24. The van der Waals surface area contributed by atoms with Gasteiger partial charge < -0.3 is 9.47 Å². The van der Waals surface area contributed by atoms with Crippen molar-refractivity contribution < 1.29 is 31.1 Å². The molecule has 45 heavy (non-hydrogen) atoms. The molecular formula is C33H26F3N3O4S2. The SMILES string of the molecule is COc1ccc(Cn2cc(F)c(-c3ccc(F)c(Oc4c(F)cc5c(ccn5S(=O)(=O)c5ccc(C)cc5)c4SC)c3)n2)cc1. The van der Waals surface area contributed by atoms with Gasteiger partial charge in [0.1, 0.15) is 11.4 Å². The van der Waals surface area contributed by atoms with E-state index in [1.54, 1.807) is 37.6 Å². The Morgan fingerprint density at radius 3 is 2.31 bits per heavy atom. The number of benzene rings is 4. The van der Waals surface area contributed by atoms with Crippen LogP contribution in [0.4, 0.5) is 13.2 Å². The van der Waals surface area contributed by atoms with Crippen molar-refractivity contribution in [3.05, 3.63) is 120 Å². The Morgan fingerprint density at radius 1 is 0.889 bits per heavy atom. The molecule has 6 rings (SSSR count). The lowest BCUT2D eigenvalue weighted by molar-refractivity contribution is 0.407. The molecule has 0 amide bonds. The summed E-state index contributed by atoms with van der Waals surface area (Å²) < 4.78 is 85.9. The Bertz CT molecular complexity index is 2140. The fraction of sp³-hybridized carbons (Fsp3) is 0.121. The fourth-order valence-corrected chi connectivity index (χ4v) is 6.99. The van der Waals surface area contributed by atoms with Gasteiger partial charge in [-0.15, -0.1) is 11.8 Å². The Labute approximate surface area is 261 Å². The standard InChI is InChI=1S/C33H26F3N3O4S2/c1-20-4-11-24(12-5-20)45(40,41)39-15-14-25-29(39)17-27(35)32(33(25)44-3)43-30-16-22(8-13-26(30)34)31-28(36)19-38(37-31)18-21-6-9-23(42-2)10-7-21/h4-17,19H,18H2,1-3H3. The highest BCUT2D eigenvalue weighted by Gasteiger charge is 2.25. The number of ether oxygens (including phenoxy) is 2. The molecule has 0 bridgehead atoms. The second-order valence-corrected chi connectivity index (χ2v) is 12.8. The van der Waals surface area contributed by atoms with Gasteiger partial charge in [-0.05, 0) is 67.3 Å². The molecule has 7 nitrogen and oxygen atoms in total. The highest BCUT2D eigenvalue weighted by Crippen LogP contribution is 2.42. The van der Waals surface area contributed by atoms with Crippen molar-refractivity contribution in [2.24, 2.45) is 0 Å². The van der Waals surface area contributed by atoms with Crippen molar-refractivity contribution in [3.8, 4) is 28.5 Å².